The summed E-state index contributed by atoms with van der Waals surface area (Å²) in [6.45, 7) is 3.40. The molecule has 3 N–H and O–H groups in total. The van der Waals surface area contributed by atoms with Crippen LogP contribution in [-0.4, -0.2) is 45.0 Å². The highest BCUT2D eigenvalue weighted by Gasteiger charge is 2.19. The highest BCUT2D eigenvalue weighted by Crippen LogP contribution is 2.28. The first-order chi connectivity index (χ1) is 11.1. The Hall–Kier alpha value is -2.08. The first kappa shape index (κ1) is 15.8. The summed E-state index contributed by atoms with van der Waals surface area (Å²) in [6.07, 6.45) is 2.78. The molecule has 1 aromatic rings. The second-order valence-electron chi connectivity index (χ2n) is 6.37. The van der Waals surface area contributed by atoms with Crippen LogP contribution < -0.4 is 20.9 Å². The lowest BCUT2D eigenvalue weighted by Gasteiger charge is -2.23. The van der Waals surface area contributed by atoms with Gasteiger partial charge < -0.3 is 20.9 Å². The third-order valence-electron chi connectivity index (χ3n) is 4.57. The van der Waals surface area contributed by atoms with Crippen LogP contribution in [0.4, 0.5) is 11.4 Å². The largest absolute Gasteiger partial charge is 0.372 e. The average molecular weight is 316 g/mol. The standard InChI is InChI=1S/C17H24N4O2/c1-21-8-6-16(22)20-14-9-13(4-5-15(14)21)17(23)19-11-12-3-2-7-18-10-12/h4-5,9,12,18H,2-3,6-8,10-11H2,1H3,(H,19,23)(H,20,22). The van der Waals surface area contributed by atoms with Gasteiger partial charge in [-0.15, -0.1) is 0 Å². The molecule has 0 spiro atoms. The molecule has 3 rings (SSSR count). The number of hydrogen-bond donors (Lipinski definition) is 3. The van der Waals surface area contributed by atoms with Crippen molar-refractivity contribution >= 4 is 23.2 Å². The summed E-state index contributed by atoms with van der Waals surface area (Å²) in [5.74, 6) is 0.403. The van der Waals surface area contributed by atoms with E-state index in [1.54, 1.807) is 6.07 Å². The Balaban J connectivity index is 1.67. The third kappa shape index (κ3) is 3.82. The van der Waals surface area contributed by atoms with Crippen LogP contribution in [-0.2, 0) is 4.79 Å². The quantitative estimate of drug-likeness (QED) is 0.783. The highest BCUT2D eigenvalue weighted by molar-refractivity contribution is 6.00. The normalized spacial score (nSPS) is 21.2. The lowest BCUT2D eigenvalue weighted by Crippen LogP contribution is -2.38. The molecule has 1 saturated heterocycles. The van der Waals surface area contributed by atoms with E-state index in [0.29, 0.717) is 36.7 Å². The molecule has 2 aliphatic heterocycles. The van der Waals surface area contributed by atoms with E-state index in [2.05, 4.69) is 16.0 Å². The van der Waals surface area contributed by atoms with Gasteiger partial charge in [-0.1, -0.05) is 0 Å². The summed E-state index contributed by atoms with van der Waals surface area (Å²) in [7, 11) is 1.95. The molecule has 1 unspecified atom stereocenters. The molecule has 0 aromatic heterocycles. The number of fused-ring (bicyclic) bond motifs is 1. The first-order valence-corrected chi connectivity index (χ1v) is 8.27. The van der Waals surface area contributed by atoms with Crippen molar-refractivity contribution in [1.82, 2.24) is 10.6 Å². The molecule has 1 atom stereocenters. The number of carbonyl (C=O) groups is 2. The van der Waals surface area contributed by atoms with Crippen molar-refractivity contribution in [3.05, 3.63) is 23.8 Å². The summed E-state index contributed by atoms with van der Waals surface area (Å²) >= 11 is 0. The summed E-state index contributed by atoms with van der Waals surface area (Å²) in [5.41, 5.74) is 2.24. The van der Waals surface area contributed by atoms with Crippen molar-refractivity contribution in [1.29, 1.82) is 0 Å². The second kappa shape index (κ2) is 7.00. The van der Waals surface area contributed by atoms with Gasteiger partial charge in [0, 0.05) is 32.1 Å². The fourth-order valence-electron chi connectivity index (χ4n) is 3.15. The zero-order valence-corrected chi connectivity index (χ0v) is 13.5. The third-order valence-corrected chi connectivity index (χ3v) is 4.57. The lowest BCUT2D eigenvalue weighted by atomic mass is 9.99. The molecule has 124 valence electrons. The van der Waals surface area contributed by atoms with Crippen molar-refractivity contribution in [2.45, 2.75) is 19.3 Å². The SMILES string of the molecule is CN1CCC(=O)Nc2cc(C(=O)NCC3CCCNC3)ccc21. The maximum absolute atomic E-state index is 12.4. The predicted molar refractivity (Wildman–Crippen MR) is 90.9 cm³/mol. The first-order valence-electron chi connectivity index (χ1n) is 8.27. The van der Waals surface area contributed by atoms with Gasteiger partial charge in [0.25, 0.3) is 5.91 Å². The molecule has 0 saturated carbocycles. The van der Waals surface area contributed by atoms with Gasteiger partial charge in [-0.3, -0.25) is 9.59 Å². The van der Waals surface area contributed by atoms with Gasteiger partial charge in [0.05, 0.1) is 11.4 Å². The van der Waals surface area contributed by atoms with Crippen LogP contribution >= 0.6 is 0 Å². The molecule has 6 nitrogen and oxygen atoms in total. The molecule has 2 aliphatic rings. The number of nitrogens with zero attached hydrogens (tertiary/aromatic N) is 1. The van der Waals surface area contributed by atoms with E-state index < -0.39 is 0 Å². The molecule has 1 fully saturated rings. The highest BCUT2D eigenvalue weighted by atomic mass is 16.2. The number of benzene rings is 1. The van der Waals surface area contributed by atoms with Gasteiger partial charge in [0.2, 0.25) is 5.91 Å². The second-order valence-corrected chi connectivity index (χ2v) is 6.37. The van der Waals surface area contributed by atoms with Crippen LogP contribution in [0.15, 0.2) is 18.2 Å². The Morgan fingerprint density at radius 2 is 2.30 bits per heavy atom. The maximum atomic E-state index is 12.4. The Bertz CT molecular complexity index is 596. The van der Waals surface area contributed by atoms with E-state index in [0.717, 1.165) is 31.6 Å². The molecule has 1 aromatic carbocycles. The van der Waals surface area contributed by atoms with E-state index >= 15 is 0 Å². The zero-order chi connectivity index (χ0) is 16.2. The van der Waals surface area contributed by atoms with Gasteiger partial charge >= 0.3 is 0 Å². The van der Waals surface area contributed by atoms with Crippen LogP contribution in [0, 0.1) is 5.92 Å². The Morgan fingerprint density at radius 3 is 3.09 bits per heavy atom. The molecule has 0 aliphatic carbocycles. The fourth-order valence-corrected chi connectivity index (χ4v) is 3.15. The lowest BCUT2D eigenvalue weighted by molar-refractivity contribution is -0.115. The van der Waals surface area contributed by atoms with Crippen LogP contribution in [0.25, 0.3) is 0 Å². The van der Waals surface area contributed by atoms with Crippen molar-refractivity contribution in [3.8, 4) is 0 Å². The van der Waals surface area contributed by atoms with Crippen LogP contribution in [0.2, 0.25) is 0 Å². The van der Waals surface area contributed by atoms with Gasteiger partial charge in [0.15, 0.2) is 0 Å². The van der Waals surface area contributed by atoms with Crippen molar-refractivity contribution in [3.63, 3.8) is 0 Å². The number of amides is 2. The van der Waals surface area contributed by atoms with Gasteiger partial charge in [-0.25, -0.2) is 0 Å². The van der Waals surface area contributed by atoms with Gasteiger partial charge in [-0.2, -0.15) is 0 Å². The average Bonchev–Trinajstić information content (AvgIpc) is 2.72. The number of hydrogen-bond acceptors (Lipinski definition) is 4. The number of piperidine rings is 1. The summed E-state index contributed by atoms with van der Waals surface area (Å²) in [4.78, 5) is 26.2. The topological polar surface area (TPSA) is 73.5 Å². The monoisotopic (exact) mass is 316 g/mol. The van der Waals surface area contributed by atoms with Crippen LogP contribution in [0.1, 0.15) is 29.6 Å². The smallest absolute Gasteiger partial charge is 0.251 e. The summed E-state index contributed by atoms with van der Waals surface area (Å²) < 4.78 is 0. The van der Waals surface area contributed by atoms with Crippen molar-refractivity contribution in [2.24, 2.45) is 5.92 Å². The Kier molecular flexibility index (Phi) is 4.81. The van der Waals surface area contributed by atoms with E-state index in [-0.39, 0.29) is 11.8 Å². The number of carbonyl (C=O) groups excluding carboxylic acids is 2. The predicted octanol–water partition coefficient (Wildman–Crippen LogP) is 1.19. The molecule has 23 heavy (non-hydrogen) atoms. The van der Waals surface area contributed by atoms with E-state index in [4.69, 9.17) is 0 Å². The van der Waals surface area contributed by atoms with Crippen LogP contribution in [0.3, 0.4) is 0 Å². The molecule has 0 bridgehead atoms. The molecule has 0 radical (unpaired) electrons. The van der Waals surface area contributed by atoms with E-state index in [1.165, 1.54) is 0 Å². The van der Waals surface area contributed by atoms with Crippen molar-refractivity contribution in [2.75, 3.05) is 43.4 Å². The Morgan fingerprint density at radius 1 is 1.43 bits per heavy atom. The zero-order valence-electron chi connectivity index (χ0n) is 13.5. The minimum atomic E-state index is -0.0838. The van der Waals surface area contributed by atoms with Crippen molar-refractivity contribution < 1.29 is 9.59 Å². The summed E-state index contributed by atoms with van der Waals surface area (Å²) in [5, 5.41) is 9.24. The number of rotatable bonds is 3. The van der Waals surface area contributed by atoms with Crippen LogP contribution in [0.5, 0.6) is 0 Å². The van der Waals surface area contributed by atoms with Gasteiger partial charge in [0.1, 0.15) is 0 Å². The molecular formula is C17H24N4O2. The fraction of sp³-hybridized carbons (Fsp3) is 0.529. The number of anilines is 2. The minimum absolute atomic E-state index is 0.0126. The molecule has 2 amide bonds. The van der Waals surface area contributed by atoms with Gasteiger partial charge in [-0.05, 0) is 50.0 Å². The van der Waals surface area contributed by atoms with E-state index in [9.17, 15) is 9.59 Å². The summed E-state index contributed by atoms with van der Waals surface area (Å²) in [6, 6.07) is 5.49. The molecular weight excluding hydrogens is 292 g/mol. The minimum Gasteiger partial charge on any atom is -0.372 e. The number of nitrogens with one attached hydrogen (secondary N) is 3. The molecule has 6 heteroatoms. The van der Waals surface area contributed by atoms with E-state index in [1.807, 2.05) is 24.1 Å². The maximum Gasteiger partial charge on any atom is 0.251 e. The molecule has 2 heterocycles. The Labute approximate surface area is 136 Å².